The van der Waals surface area contributed by atoms with Crippen molar-refractivity contribution in [2.75, 3.05) is 5.33 Å². The van der Waals surface area contributed by atoms with Gasteiger partial charge < -0.3 is 4.74 Å². The highest BCUT2D eigenvalue weighted by Gasteiger charge is 2.62. The number of rotatable bonds is 2. The number of ether oxygens (including phenoxy) is 1. The Morgan fingerprint density at radius 2 is 1.93 bits per heavy atom. The predicted octanol–water partition coefficient (Wildman–Crippen LogP) is 3.00. The predicted molar refractivity (Wildman–Crippen MR) is 60.4 cm³/mol. The van der Waals surface area contributed by atoms with Crippen molar-refractivity contribution in [3.05, 3.63) is 0 Å². The second-order valence-corrected chi connectivity index (χ2v) is 6.24. The highest BCUT2D eigenvalue weighted by Crippen LogP contribution is 2.59. The Morgan fingerprint density at radius 3 is 2.21 bits per heavy atom. The average Bonchev–Trinajstić information content (AvgIpc) is 2.48. The van der Waals surface area contributed by atoms with Crippen LogP contribution in [0.5, 0.6) is 0 Å². The van der Waals surface area contributed by atoms with Crippen LogP contribution in [0.25, 0.3) is 0 Å². The normalized spacial score (nSPS) is 29.9. The minimum absolute atomic E-state index is 0.0491. The molecule has 0 aromatic carbocycles. The molecule has 0 spiro atoms. The van der Waals surface area contributed by atoms with Crippen LogP contribution in [0, 0.1) is 17.3 Å². The van der Waals surface area contributed by atoms with E-state index in [9.17, 15) is 4.79 Å². The molecule has 0 radical (unpaired) electrons. The zero-order chi connectivity index (χ0) is 11.1. The lowest BCUT2D eigenvalue weighted by atomic mass is 10.1. The number of halogens is 1. The molecule has 0 unspecified atom stereocenters. The Balaban J connectivity index is 2.57. The van der Waals surface area contributed by atoms with E-state index in [1.54, 1.807) is 0 Å². The van der Waals surface area contributed by atoms with Crippen LogP contribution in [-0.2, 0) is 9.53 Å². The largest absolute Gasteiger partial charge is 0.460 e. The Morgan fingerprint density at radius 1 is 1.43 bits per heavy atom. The first-order valence-corrected chi connectivity index (χ1v) is 6.11. The summed E-state index contributed by atoms with van der Waals surface area (Å²) in [7, 11) is 0. The van der Waals surface area contributed by atoms with Crippen molar-refractivity contribution in [2.45, 2.75) is 40.2 Å². The highest BCUT2D eigenvalue weighted by atomic mass is 79.9. The van der Waals surface area contributed by atoms with Gasteiger partial charge in [-0.25, -0.2) is 0 Å². The Hall–Kier alpha value is -0.0500. The Bertz CT molecular complexity index is 240. The van der Waals surface area contributed by atoms with E-state index in [2.05, 4.69) is 29.8 Å². The summed E-state index contributed by atoms with van der Waals surface area (Å²) in [6, 6.07) is 0. The van der Waals surface area contributed by atoms with Crippen molar-refractivity contribution < 1.29 is 9.53 Å². The van der Waals surface area contributed by atoms with Crippen LogP contribution in [0.15, 0.2) is 0 Å². The number of esters is 1. The minimum Gasteiger partial charge on any atom is -0.460 e. The second kappa shape index (κ2) is 3.51. The first kappa shape index (κ1) is 12.0. The third kappa shape index (κ3) is 2.30. The molecule has 1 fully saturated rings. The number of alkyl halides is 1. The molecule has 3 heteroatoms. The summed E-state index contributed by atoms with van der Waals surface area (Å²) in [6.45, 7) is 9.96. The van der Waals surface area contributed by atoms with Gasteiger partial charge in [-0.05, 0) is 32.1 Å². The first-order chi connectivity index (χ1) is 6.20. The van der Waals surface area contributed by atoms with Crippen LogP contribution in [0.3, 0.4) is 0 Å². The summed E-state index contributed by atoms with van der Waals surface area (Å²) in [4.78, 5) is 11.8. The molecule has 2 nitrogen and oxygen atoms in total. The summed E-state index contributed by atoms with van der Waals surface area (Å²) in [6.07, 6.45) is 0. The topological polar surface area (TPSA) is 26.3 Å². The highest BCUT2D eigenvalue weighted by molar-refractivity contribution is 9.09. The van der Waals surface area contributed by atoms with Crippen LogP contribution < -0.4 is 0 Å². The molecule has 0 saturated heterocycles. The molecule has 0 amide bonds. The summed E-state index contributed by atoms with van der Waals surface area (Å²) < 4.78 is 5.37. The molecule has 0 heterocycles. The molecule has 0 aromatic rings. The lowest BCUT2D eigenvalue weighted by molar-refractivity contribution is -0.157. The van der Waals surface area contributed by atoms with Gasteiger partial charge >= 0.3 is 5.97 Å². The van der Waals surface area contributed by atoms with Gasteiger partial charge in [-0.3, -0.25) is 4.79 Å². The van der Waals surface area contributed by atoms with Crippen molar-refractivity contribution in [3.8, 4) is 0 Å². The second-order valence-electron chi connectivity index (χ2n) is 5.59. The van der Waals surface area contributed by atoms with Gasteiger partial charge in [0.05, 0.1) is 5.92 Å². The molecule has 1 rings (SSSR count). The number of carbonyl (C=O) groups is 1. The maximum Gasteiger partial charge on any atom is 0.310 e. The molecule has 0 N–H and O–H groups in total. The summed E-state index contributed by atoms with van der Waals surface area (Å²) >= 11 is 3.43. The third-order valence-electron chi connectivity index (χ3n) is 2.88. The van der Waals surface area contributed by atoms with Gasteiger partial charge in [0.25, 0.3) is 0 Å². The summed E-state index contributed by atoms with van der Waals surface area (Å²) in [5.41, 5.74) is -0.265. The van der Waals surface area contributed by atoms with E-state index in [-0.39, 0.29) is 22.9 Å². The minimum atomic E-state index is -0.368. The third-order valence-corrected chi connectivity index (χ3v) is 3.57. The van der Waals surface area contributed by atoms with Crippen LogP contribution >= 0.6 is 15.9 Å². The van der Waals surface area contributed by atoms with Crippen molar-refractivity contribution >= 4 is 21.9 Å². The van der Waals surface area contributed by atoms with E-state index in [4.69, 9.17) is 4.74 Å². The lowest BCUT2D eigenvalue weighted by Gasteiger charge is -2.20. The summed E-state index contributed by atoms with van der Waals surface area (Å²) in [5.74, 6) is 0.449. The summed E-state index contributed by atoms with van der Waals surface area (Å²) in [5, 5.41) is 0.879. The molecule has 14 heavy (non-hydrogen) atoms. The monoisotopic (exact) mass is 262 g/mol. The number of carbonyl (C=O) groups excluding carboxylic acids is 1. The zero-order valence-corrected chi connectivity index (χ0v) is 11.1. The van der Waals surface area contributed by atoms with Crippen LogP contribution in [0.2, 0.25) is 0 Å². The fraction of sp³-hybridized carbons (Fsp3) is 0.909. The van der Waals surface area contributed by atoms with Crippen LogP contribution in [0.4, 0.5) is 0 Å². The fourth-order valence-electron chi connectivity index (χ4n) is 1.87. The first-order valence-electron chi connectivity index (χ1n) is 4.99. The molecule has 0 aromatic heterocycles. The number of hydrogen-bond acceptors (Lipinski definition) is 2. The van der Waals surface area contributed by atoms with Gasteiger partial charge in [0.15, 0.2) is 0 Å². The van der Waals surface area contributed by atoms with Gasteiger partial charge in [-0.15, -0.1) is 0 Å². The smallest absolute Gasteiger partial charge is 0.310 e. The molecule has 1 aliphatic rings. The van der Waals surface area contributed by atoms with E-state index in [1.807, 2.05) is 20.8 Å². The van der Waals surface area contributed by atoms with Gasteiger partial charge in [-0.1, -0.05) is 29.8 Å². The molecule has 2 atom stereocenters. The maximum absolute atomic E-state index is 11.8. The molecule has 82 valence electrons. The Kier molecular flexibility index (Phi) is 3.01. The lowest BCUT2D eigenvalue weighted by Crippen LogP contribution is -2.26. The van der Waals surface area contributed by atoms with Crippen molar-refractivity contribution in [1.29, 1.82) is 0 Å². The molecule has 0 aliphatic heterocycles. The van der Waals surface area contributed by atoms with E-state index in [0.717, 1.165) is 5.33 Å². The van der Waals surface area contributed by atoms with Gasteiger partial charge in [-0.2, -0.15) is 0 Å². The Labute approximate surface area is 94.5 Å². The van der Waals surface area contributed by atoms with Crippen molar-refractivity contribution in [2.24, 2.45) is 17.3 Å². The molecular weight excluding hydrogens is 244 g/mol. The van der Waals surface area contributed by atoms with E-state index in [0.29, 0.717) is 5.92 Å². The maximum atomic E-state index is 11.8. The number of hydrogen-bond donors (Lipinski definition) is 0. The van der Waals surface area contributed by atoms with Crippen LogP contribution in [0.1, 0.15) is 34.6 Å². The van der Waals surface area contributed by atoms with Gasteiger partial charge in [0.1, 0.15) is 5.60 Å². The fourth-order valence-corrected chi connectivity index (χ4v) is 3.07. The molecule has 1 saturated carbocycles. The van der Waals surface area contributed by atoms with E-state index in [1.165, 1.54) is 0 Å². The van der Waals surface area contributed by atoms with E-state index >= 15 is 0 Å². The van der Waals surface area contributed by atoms with Gasteiger partial charge in [0, 0.05) is 5.33 Å². The van der Waals surface area contributed by atoms with Crippen molar-refractivity contribution in [1.82, 2.24) is 0 Å². The SMILES string of the molecule is CC(C)(C)OC(=O)[C@@H]1[C@@H](CBr)C1(C)C. The average molecular weight is 263 g/mol. The van der Waals surface area contributed by atoms with E-state index < -0.39 is 0 Å². The molecule has 1 aliphatic carbocycles. The van der Waals surface area contributed by atoms with Crippen molar-refractivity contribution in [3.63, 3.8) is 0 Å². The van der Waals surface area contributed by atoms with Crippen LogP contribution in [-0.4, -0.2) is 16.9 Å². The molecule has 0 bridgehead atoms. The zero-order valence-electron chi connectivity index (χ0n) is 9.56. The molecular formula is C11H19BrO2. The van der Waals surface area contributed by atoms with Gasteiger partial charge in [0.2, 0.25) is 0 Å². The standard InChI is InChI=1S/C11H19BrO2/c1-10(2,3)14-9(13)8-7(6-12)11(8,4)5/h7-8H,6H2,1-5H3/t7-,8+/m1/s1. The quantitative estimate of drug-likeness (QED) is 0.565.